The Hall–Kier alpha value is -2.82. The molecule has 28 heavy (non-hydrogen) atoms. The number of carbonyl (C=O) groups excluding carboxylic acids is 1. The van der Waals surface area contributed by atoms with E-state index in [4.69, 9.17) is 0 Å². The van der Waals surface area contributed by atoms with E-state index < -0.39 is 0 Å². The lowest BCUT2D eigenvalue weighted by Gasteiger charge is -2.22. The molecule has 0 spiro atoms. The monoisotopic (exact) mass is 378 g/mol. The van der Waals surface area contributed by atoms with Crippen LogP contribution >= 0.6 is 0 Å². The first kappa shape index (κ1) is 19.9. The van der Waals surface area contributed by atoms with Gasteiger partial charge in [-0.25, -0.2) is 4.98 Å². The molecule has 2 heterocycles. The van der Waals surface area contributed by atoms with Crippen LogP contribution in [0.1, 0.15) is 54.5 Å². The predicted molar refractivity (Wildman–Crippen MR) is 117 cm³/mol. The molecule has 0 saturated heterocycles. The fraction of sp³-hybridized carbons (Fsp3) is 0.391. The van der Waals surface area contributed by atoms with E-state index in [9.17, 15) is 4.79 Å². The molecule has 0 saturated carbocycles. The highest BCUT2D eigenvalue weighted by molar-refractivity contribution is 6.05. The van der Waals surface area contributed by atoms with E-state index >= 15 is 0 Å². The molecule has 2 aromatic heterocycles. The summed E-state index contributed by atoms with van der Waals surface area (Å²) < 4.78 is 1.91. The molecular formula is C23H30N4O. The smallest absolute Gasteiger partial charge is 0.274 e. The lowest BCUT2D eigenvalue weighted by atomic mass is 10.1. The van der Waals surface area contributed by atoms with Crippen LogP contribution < -0.4 is 10.2 Å². The van der Waals surface area contributed by atoms with Crippen molar-refractivity contribution in [2.24, 2.45) is 0 Å². The quantitative estimate of drug-likeness (QED) is 0.629. The zero-order chi connectivity index (χ0) is 20.3. The first-order valence-electron chi connectivity index (χ1n) is 10.1. The van der Waals surface area contributed by atoms with Gasteiger partial charge in [0.05, 0.1) is 5.69 Å². The summed E-state index contributed by atoms with van der Waals surface area (Å²) in [5.41, 5.74) is 6.47. The average molecular weight is 379 g/mol. The molecule has 0 aliphatic rings. The summed E-state index contributed by atoms with van der Waals surface area (Å²) in [6.07, 6.45) is 3.71. The molecule has 0 atom stereocenters. The van der Waals surface area contributed by atoms with Crippen LogP contribution in [0, 0.1) is 13.8 Å². The van der Waals surface area contributed by atoms with Crippen molar-refractivity contribution in [3.05, 3.63) is 59.0 Å². The van der Waals surface area contributed by atoms with Crippen molar-refractivity contribution in [3.8, 4) is 0 Å². The highest BCUT2D eigenvalue weighted by Crippen LogP contribution is 2.24. The maximum Gasteiger partial charge on any atom is 0.274 e. The molecular weight excluding hydrogens is 348 g/mol. The first-order chi connectivity index (χ1) is 13.5. The fourth-order valence-electron chi connectivity index (χ4n) is 3.61. The van der Waals surface area contributed by atoms with Gasteiger partial charge in [0.15, 0.2) is 0 Å². The third kappa shape index (κ3) is 3.88. The average Bonchev–Trinajstić information content (AvgIpc) is 3.02. The Kier molecular flexibility index (Phi) is 6.02. The van der Waals surface area contributed by atoms with Crippen molar-refractivity contribution in [3.63, 3.8) is 0 Å². The largest absolute Gasteiger partial charge is 0.372 e. The van der Waals surface area contributed by atoms with Crippen LogP contribution in [0.15, 0.2) is 36.5 Å². The van der Waals surface area contributed by atoms with E-state index in [2.05, 4.69) is 48.1 Å². The molecule has 3 rings (SSSR count). The molecule has 1 amide bonds. The number of amides is 1. The third-order valence-electron chi connectivity index (χ3n) is 5.13. The number of aryl methyl sites for hydroxylation is 3. The Morgan fingerprint density at radius 2 is 1.86 bits per heavy atom. The number of pyridine rings is 1. The normalized spacial score (nSPS) is 11.0. The van der Waals surface area contributed by atoms with Crippen molar-refractivity contribution in [2.45, 2.75) is 47.5 Å². The summed E-state index contributed by atoms with van der Waals surface area (Å²) in [6, 6.07) is 10.2. The highest BCUT2D eigenvalue weighted by Gasteiger charge is 2.19. The second kappa shape index (κ2) is 8.46. The summed E-state index contributed by atoms with van der Waals surface area (Å²) in [5.74, 6) is -0.111. The molecule has 1 aromatic carbocycles. The van der Waals surface area contributed by atoms with Gasteiger partial charge in [0.25, 0.3) is 5.91 Å². The van der Waals surface area contributed by atoms with Gasteiger partial charge < -0.3 is 10.2 Å². The number of aromatic nitrogens is 2. The van der Waals surface area contributed by atoms with Crippen LogP contribution in [0.3, 0.4) is 0 Å². The fourth-order valence-corrected chi connectivity index (χ4v) is 3.61. The van der Waals surface area contributed by atoms with Gasteiger partial charge >= 0.3 is 0 Å². The molecule has 0 fully saturated rings. The molecule has 1 N–H and O–H groups in total. The van der Waals surface area contributed by atoms with Crippen LogP contribution in [-0.2, 0) is 6.42 Å². The lowest BCUT2D eigenvalue weighted by Crippen LogP contribution is -2.22. The molecule has 0 bridgehead atoms. The second-order valence-electron chi connectivity index (χ2n) is 7.22. The minimum absolute atomic E-state index is 0.111. The molecule has 0 aliphatic heterocycles. The van der Waals surface area contributed by atoms with Crippen LogP contribution in [0.25, 0.3) is 5.65 Å². The number of anilines is 2. The third-order valence-corrected chi connectivity index (χ3v) is 5.13. The van der Waals surface area contributed by atoms with Crippen molar-refractivity contribution >= 4 is 22.9 Å². The SMILES string of the molecule is CCCc1nc2ccc(C)cn2c1C(=O)Nc1ccc(N(CC)CC)cc1C. The van der Waals surface area contributed by atoms with Gasteiger partial charge in [0.2, 0.25) is 0 Å². The van der Waals surface area contributed by atoms with Crippen LogP contribution in [0.5, 0.6) is 0 Å². The standard InChI is InChI=1S/C23H30N4O/c1-6-9-20-22(27-15-16(4)10-13-21(27)24-20)23(28)25-19-12-11-18(14-17(19)5)26(7-2)8-3/h10-15H,6-9H2,1-5H3,(H,25,28). The summed E-state index contributed by atoms with van der Waals surface area (Å²) >= 11 is 0. The number of nitrogens with zero attached hydrogens (tertiary/aromatic N) is 3. The van der Waals surface area contributed by atoms with Gasteiger partial charge in [0, 0.05) is 30.7 Å². The van der Waals surface area contributed by atoms with E-state index in [-0.39, 0.29) is 5.91 Å². The summed E-state index contributed by atoms with van der Waals surface area (Å²) in [4.78, 5) is 20.2. The minimum atomic E-state index is -0.111. The van der Waals surface area contributed by atoms with Gasteiger partial charge in [0.1, 0.15) is 11.3 Å². The lowest BCUT2D eigenvalue weighted by molar-refractivity contribution is 0.102. The number of imidazole rings is 1. The molecule has 148 valence electrons. The number of hydrogen-bond acceptors (Lipinski definition) is 3. The Morgan fingerprint density at radius 1 is 1.11 bits per heavy atom. The van der Waals surface area contributed by atoms with E-state index in [0.29, 0.717) is 5.69 Å². The van der Waals surface area contributed by atoms with E-state index in [1.165, 1.54) is 5.69 Å². The summed E-state index contributed by atoms with van der Waals surface area (Å²) in [6.45, 7) is 12.4. The molecule has 5 nitrogen and oxygen atoms in total. The minimum Gasteiger partial charge on any atom is -0.372 e. The van der Waals surface area contributed by atoms with Crippen LogP contribution in [-0.4, -0.2) is 28.4 Å². The van der Waals surface area contributed by atoms with Crippen molar-refractivity contribution in [1.82, 2.24) is 9.38 Å². The van der Waals surface area contributed by atoms with E-state index in [1.54, 1.807) is 0 Å². The first-order valence-corrected chi connectivity index (χ1v) is 10.1. The summed E-state index contributed by atoms with van der Waals surface area (Å²) in [7, 11) is 0. The molecule has 0 radical (unpaired) electrons. The number of fused-ring (bicyclic) bond motifs is 1. The van der Waals surface area contributed by atoms with Crippen molar-refractivity contribution in [2.75, 3.05) is 23.3 Å². The van der Waals surface area contributed by atoms with Gasteiger partial charge in [-0.3, -0.25) is 9.20 Å². The second-order valence-corrected chi connectivity index (χ2v) is 7.22. The van der Waals surface area contributed by atoms with Gasteiger partial charge in [-0.05, 0) is 69.5 Å². The van der Waals surface area contributed by atoms with Gasteiger partial charge in [-0.1, -0.05) is 19.4 Å². The van der Waals surface area contributed by atoms with E-state index in [0.717, 1.165) is 54.1 Å². The highest BCUT2D eigenvalue weighted by atomic mass is 16.2. The van der Waals surface area contributed by atoms with Crippen molar-refractivity contribution in [1.29, 1.82) is 0 Å². The number of carbonyl (C=O) groups is 1. The Balaban J connectivity index is 1.95. The number of nitrogens with one attached hydrogen (secondary N) is 1. The summed E-state index contributed by atoms with van der Waals surface area (Å²) in [5, 5.41) is 3.11. The number of benzene rings is 1. The maximum absolute atomic E-state index is 13.2. The van der Waals surface area contributed by atoms with Crippen LogP contribution in [0.4, 0.5) is 11.4 Å². The maximum atomic E-state index is 13.2. The zero-order valence-electron chi connectivity index (χ0n) is 17.5. The van der Waals surface area contributed by atoms with Gasteiger partial charge in [-0.2, -0.15) is 0 Å². The Morgan fingerprint density at radius 3 is 2.50 bits per heavy atom. The zero-order valence-corrected chi connectivity index (χ0v) is 17.5. The van der Waals surface area contributed by atoms with Gasteiger partial charge in [-0.15, -0.1) is 0 Å². The number of hydrogen-bond donors (Lipinski definition) is 1. The van der Waals surface area contributed by atoms with Crippen LogP contribution in [0.2, 0.25) is 0 Å². The molecule has 0 unspecified atom stereocenters. The Labute approximate surface area is 167 Å². The van der Waals surface area contributed by atoms with E-state index in [1.807, 2.05) is 42.6 Å². The Bertz CT molecular complexity index is 986. The van der Waals surface area contributed by atoms with Crippen molar-refractivity contribution < 1.29 is 4.79 Å². The molecule has 5 heteroatoms. The topological polar surface area (TPSA) is 49.6 Å². The predicted octanol–water partition coefficient (Wildman–Crippen LogP) is 5.00. The molecule has 0 aliphatic carbocycles. The molecule has 3 aromatic rings. The number of rotatable bonds is 7.